The minimum absolute atomic E-state index is 0. The van der Waals surface area contributed by atoms with E-state index in [0.717, 1.165) is 135 Å². The van der Waals surface area contributed by atoms with Crippen LogP contribution >= 0.6 is 63.7 Å². The Morgan fingerprint density at radius 3 is 0.674 bits per heavy atom. The number of hydrogen-bond acceptors (Lipinski definition) is 4. The Morgan fingerprint density at radius 2 is 0.467 bits per heavy atom. The summed E-state index contributed by atoms with van der Waals surface area (Å²) in [5.74, 6) is 0. The summed E-state index contributed by atoms with van der Waals surface area (Å²) < 4.78 is 4.01. The van der Waals surface area contributed by atoms with Gasteiger partial charge in [-0.3, -0.25) is 0 Å². The molecule has 14 aromatic rings. The number of halogens is 4. The summed E-state index contributed by atoms with van der Waals surface area (Å²) in [6.07, 6.45) is 7.84. The molecule has 0 amide bonds. The van der Waals surface area contributed by atoms with Crippen LogP contribution in [0.4, 0.5) is 0 Å². The van der Waals surface area contributed by atoms with Crippen LogP contribution in [0.25, 0.3) is 134 Å². The zero-order valence-electron chi connectivity index (χ0n) is 49.5. The van der Waals surface area contributed by atoms with Crippen molar-refractivity contribution in [3.63, 3.8) is 0 Å². The van der Waals surface area contributed by atoms with Crippen molar-refractivity contribution >= 4 is 63.7 Å². The predicted octanol–water partition coefficient (Wildman–Crippen LogP) is 23.8. The second-order valence-corrected chi connectivity index (χ2v) is 25.4. The first-order chi connectivity index (χ1) is 44.0. The van der Waals surface area contributed by atoms with E-state index in [9.17, 15) is 0 Å². The molecule has 14 rings (SSSR count). The molecule has 0 aliphatic rings. The van der Waals surface area contributed by atoms with E-state index in [-0.39, 0.29) is 40.2 Å². The third kappa shape index (κ3) is 15.2. The number of benzene rings is 10. The van der Waals surface area contributed by atoms with Gasteiger partial charge in [0.05, 0.1) is 0 Å². The van der Waals surface area contributed by atoms with Crippen molar-refractivity contribution in [1.29, 1.82) is 0 Å². The number of aryl methyl sites for hydroxylation is 2. The van der Waals surface area contributed by atoms with E-state index in [4.69, 9.17) is 15.0 Å². The smallest absolute Gasteiger partial charge is 0.304 e. The first-order valence-electron chi connectivity index (χ1n) is 29.2. The molecular weight excluding hydrogens is 1740 g/mol. The molecule has 10 aromatic carbocycles. The Bertz CT molecular complexity index is 4520. The van der Waals surface area contributed by atoms with Gasteiger partial charge in [0.15, 0.2) is 0 Å². The minimum Gasteiger partial charge on any atom is -0.304 e. The third-order valence-electron chi connectivity index (χ3n) is 15.6. The zero-order chi connectivity index (χ0) is 61.5. The maximum absolute atomic E-state index is 4.91. The van der Waals surface area contributed by atoms with Crippen LogP contribution in [0.15, 0.2) is 297 Å². The standard InChI is InChI=1S/C57H33Br3N3.C25H19BrN.2Ir/c58-46-13-7-10-37(31-46)55-25-22-40(34-61-55)49-16-1-4-19-52(49)43-28-44(53-20-5-2-17-50(53)41-23-26-56(62-35-41)38-11-8-14-47(59)32-38)30-45(29-43)54-21-6-3-18-51(54)42-24-27-57(63-36-42)39-12-9-15-48(60)33-39;1-17-12-18(2)14-21(13-17)24-9-4-3-8-23(24)20-10-11-25(27-16-20)19-6-5-7-22(26)15-19;;/h1-9,13-36H;3-5,7-16H,1-2H3;;/q-3;-1;;+3. The second kappa shape index (κ2) is 30.2. The second-order valence-electron chi connectivity index (χ2n) is 21.8. The Balaban J connectivity index is 0.000000250. The third-order valence-corrected chi connectivity index (χ3v) is 17.5. The van der Waals surface area contributed by atoms with Crippen LogP contribution in [0.2, 0.25) is 0 Å². The molecule has 10 heteroatoms. The predicted molar refractivity (Wildman–Crippen MR) is 385 cm³/mol. The van der Waals surface area contributed by atoms with Crippen LogP contribution in [-0.4, -0.2) is 19.9 Å². The van der Waals surface area contributed by atoms with Gasteiger partial charge in [-0.15, -0.1) is 119 Å². The fourth-order valence-electron chi connectivity index (χ4n) is 11.4. The number of nitrogens with zero attached hydrogens (tertiary/aromatic N) is 4. The Hall–Kier alpha value is -7.98. The molecule has 92 heavy (non-hydrogen) atoms. The van der Waals surface area contributed by atoms with Crippen LogP contribution in [-0.2, 0) is 40.2 Å². The monoisotopic (exact) mass is 1790 g/mol. The van der Waals surface area contributed by atoms with Crippen LogP contribution in [0.3, 0.4) is 0 Å². The Kier molecular flexibility index (Phi) is 21.5. The Labute approximate surface area is 598 Å². The minimum atomic E-state index is 0. The van der Waals surface area contributed by atoms with Gasteiger partial charge >= 0.3 is 20.1 Å². The van der Waals surface area contributed by atoms with E-state index in [1.807, 2.05) is 97.6 Å². The number of hydrogen-bond donors (Lipinski definition) is 0. The SMILES string of the molecule is Brc1cc[c-]c(-c2ccc(-c3ccccc3-c3cc(-c4ccccc4-c4ccc(-c5[c-]ccc(Br)c5)nc4)cc(-c4ccccc4-c4ccc(-c5[c-]ccc(Br)c5)nc4)c3)cn2)c1.Cc1cc(C)cc(-c2ccccc2-c2ccc(-c3[c-]ccc(Br)c3)nc2)c1.[Ir+3].[Ir]. The van der Waals surface area contributed by atoms with Crippen molar-refractivity contribution in [2.45, 2.75) is 13.8 Å². The van der Waals surface area contributed by atoms with Gasteiger partial charge in [0, 0.05) is 44.9 Å². The average molecular weight is 1800 g/mol. The molecule has 0 fully saturated rings. The summed E-state index contributed by atoms with van der Waals surface area (Å²) in [6, 6.07) is 102. The van der Waals surface area contributed by atoms with E-state index >= 15 is 0 Å². The largest absolute Gasteiger partial charge is 3.00 e. The maximum Gasteiger partial charge on any atom is 3.00 e. The summed E-state index contributed by atoms with van der Waals surface area (Å²) >= 11 is 14.3. The molecule has 0 spiro atoms. The summed E-state index contributed by atoms with van der Waals surface area (Å²) in [4.78, 5) is 19.4. The van der Waals surface area contributed by atoms with E-state index in [1.165, 1.54) is 27.8 Å². The molecule has 4 aromatic heterocycles. The maximum atomic E-state index is 4.91. The topological polar surface area (TPSA) is 51.6 Å². The van der Waals surface area contributed by atoms with Gasteiger partial charge < -0.3 is 19.9 Å². The van der Waals surface area contributed by atoms with E-state index < -0.39 is 0 Å². The van der Waals surface area contributed by atoms with Crippen molar-refractivity contribution in [3.8, 4) is 134 Å². The number of rotatable bonds is 12. The van der Waals surface area contributed by atoms with E-state index in [0.29, 0.717) is 0 Å². The number of aromatic nitrogens is 4. The normalized spacial score (nSPS) is 10.8. The van der Waals surface area contributed by atoms with Crippen LogP contribution < -0.4 is 0 Å². The van der Waals surface area contributed by atoms with E-state index in [2.05, 4.69) is 289 Å². The van der Waals surface area contributed by atoms with Crippen LogP contribution in [0, 0.1) is 38.1 Å². The summed E-state index contributed by atoms with van der Waals surface area (Å²) in [5.41, 5.74) is 27.6. The zero-order valence-corrected chi connectivity index (χ0v) is 60.7. The molecule has 447 valence electrons. The molecule has 0 aliphatic carbocycles. The molecule has 4 heterocycles. The molecular formula is C82H52Br4Ir2N4-. The van der Waals surface area contributed by atoms with Crippen molar-refractivity contribution in [2.24, 2.45) is 0 Å². The first-order valence-corrected chi connectivity index (χ1v) is 32.4. The summed E-state index contributed by atoms with van der Waals surface area (Å²) in [7, 11) is 0. The molecule has 0 saturated heterocycles. The van der Waals surface area contributed by atoms with Crippen molar-refractivity contribution in [2.75, 3.05) is 0 Å². The Morgan fingerprint density at radius 1 is 0.250 bits per heavy atom. The van der Waals surface area contributed by atoms with Crippen molar-refractivity contribution in [1.82, 2.24) is 19.9 Å². The number of pyridine rings is 4. The summed E-state index contributed by atoms with van der Waals surface area (Å²) in [6.45, 7) is 4.29. The van der Waals surface area contributed by atoms with Crippen molar-refractivity contribution in [3.05, 3.63) is 333 Å². The van der Waals surface area contributed by atoms with Gasteiger partial charge in [-0.1, -0.05) is 257 Å². The van der Waals surface area contributed by atoms with Gasteiger partial charge in [0.25, 0.3) is 0 Å². The fraction of sp³-hybridized carbons (Fsp3) is 0.0244. The first kappa shape index (κ1) is 65.5. The molecule has 0 aliphatic heterocycles. The van der Waals surface area contributed by atoms with Gasteiger partial charge in [-0.05, 0) is 144 Å². The van der Waals surface area contributed by atoms with Gasteiger partial charge in [0.2, 0.25) is 0 Å². The average Bonchev–Trinajstić information content (AvgIpc) is 0.861. The molecule has 0 N–H and O–H groups in total. The van der Waals surface area contributed by atoms with Gasteiger partial charge in [-0.2, -0.15) is 0 Å². The molecule has 0 atom stereocenters. The van der Waals surface area contributed by atoms with Gasteiger partial charge in [-0.25, -0.2) is 0 Å². The van der Waals surface area contributed by atoms with Crippen LogP contribution in [0.5, 0.6) is 0 Å². The molecule has 0 unspecified atom stereocenters. The fourth-order valence-corrected chi connectivity index (χ4v) is 12.8. The van der Waals surface area contributed by atoms with Gasteiger partial charge in [0.1, 0.15) is 0 Å². The van der Waals surface area contributed by atoms with E-state index in [1.54, 1.807) is 0 Å². The summed E-state index contributed by atoms with van der Waals surface area (Å²) in [5, 5.41) is 0. The van der Waals surface area contributed by atoms with Crippen LogP contribution in [0.1, 0.15) is 11.1 Å². The quantitative estimate of drug-likeness (QED) is 0.114. The molecule has 0 bridgehead atoms. The molecule has 0 saturated carbocycles. The van der Waals surface area contributed by atoms with Crippen molar-refractivity contribution < 1.29 is 40.2 Å². The molecule has 4 nitrogen and oxygen atoms in total. The molecule has 1 radical (unpaired) electrons.